The molecule has 2 N–H and O–H groups in total. The number of hydrogen-bond acceptors (Lipinski definition) is 4. The highest BCUT2D eigenvalue weighted by Gasteiger charge is 2.33. The van der Waals surface area contributed by atoms with Gasteiger partial charge in [-0.15, -0.1) is 0 Å². The summed E-state index contributed by atoms with van der Waals surface area (Å²) < 4.78 is 18.3. The standard InChI is InChI=1S/C21H24ClFN2O3/c1-28-19-14-17(23)6-7-18(19)20(26)24-10-13-25-11-8-21(27,9-12-25)15-2-4-16(22)5-3-15/h2-7,14,27H,8-13H2,1H3,(H,24,26). The average Bonchev–Trinajstić information content (AvgIpc) is 2.69. The maximum atomic E-state index is 13.3. The number of benzene rings is 2. The number of nitrogens with one attached hydrogen (secondary N) is 1. The molecule has 0 bridgehead atoms. The van der Waals surface area contributed by atoms with Gasteiger partial charge < -0.3 is 20.1 Å². The highest BCUT2D eigenvalue weighted by atomic mass is 35.5. The molecule has 5 nitrogen and oxygen atoms in total. The van der Waals surface area contributed by atoms with E-state index in [9.17, 15) is 14.3 Å². The molecular formula is C21H24ClFN2O3. The highest BCUT2D eigenvalue weighted by molar-refractivity contribution is 6.30. The molecule has 0 radical (unpaired) electrons. The molecule has 0 aliphatic carbocycles. The van der Waals surface area contributed by atoms with E-state index < -0.39 is 11.4 Å². The molecule has 1 amide bonds. The van der Waals surface area contributed by atoms with Gasteiger partial charge in [0.25, 0.3) is 5.91 Å². The summed E-state index contributed by atoms with van der Waals surface area (Å²) in [7, 11) is 1.40. The number of nitrogens with zero attached hydrogens (tertiary/aromatic N) is 1. The van der Waals surface area contributed by atoms with Gasteiger partial charge in [0.15, 0.2) is 0 Å². The van der Waals surface area contributed by atoms with E-state index in [0.717, 1.165) is 18.7 Å². The van der Waals surface area contributed by atoms with E-state index in [0.29, 0.717) is 36.5 Å². The maximum Gasteiger partial charge on any atom is 0.255 e. The lowest BCUT2D eigenvalue weighted by Crippen LogP contribution is -2.45. The Morgan fingerprint density at radius 2 is 1.93 bits per heavy atom. The van der Waals surface area contributed by atoms with Gasteiger partial charge in [0.2, 0.25) is 0 Å². The molecule has 7 heteroatoms. The van der Waals surface area contributed by atoms with E-state index in [1.807, 2.05) is 12.1 Å². The number of piperidine rings is 1. The quantitative estimate of drug-likeness (QED) is 0.773. The first-order valence-electron chi connectivity index (χ1n) is 9.24. The second-order valence-electron chi connectivity index (χ2n) is 6.98. The Hall–Kier alpha value is -2.15. The van der Waals surface area contributed by atoms with Crippen molar-refractivity contribution in [3.05, 3.63) is 64.4 Å². The van der Waals surface area contributed by atoms with Crippen LogP contribution in [0.25, 0.3) is 0 Å². The molecule has 28 heavy (non-hydrogen) atoms. The second kappa shape index (κ2) is 8.90. The first kappa shape index (κ1) is 20.6. The first-order chi connectivity index (χ1) is 13.4. The molecule has 1 aliphatic heterocycles. The van der Waals surface area contributed by atoms with Crippen molar-refractivity contribution in [3.8, 4) is 5.75 Å². The Labute approximate surface area is 169 Å². The Bertz CT molecular complexity index is 821. The normalized spacial score (nSPS) is 16.6. The van der Waals surface area contributed by atoms with Crippen LogP contribution in [0.5, 0.6) is 5.75 Å². The number of rotatable bonds is 6. The first-order valence-corrected chi connectivity index (χ1v) is 9.61. The Kier molecular flexibility index (Phi) is 6.54. The minimum atomic E-state index is -0.841. The van der Waals surface area contributed by atoms with Crippen molar-refractivity contribution in [2.24, 2.45) is 0 Å². The van der Waals surface area contributed by atoms with Gasteiger partial charge in [0.05, 0.1) is 18.3 Å². The minimum absolute atomic E-state index is 0.212. The summed E-state index contributed by atoms with van der Waals surface area (Å²) in [6.07, 6.45) is 1.24. The van der Waals surface area contributed by atoms with Gasteiger partial charge in [-0.3, -0.25) is 4.79 Å². The number of ether oxygens (including phenoxy) is 1. The van der Waals surface area contributed by atoms with E-state index in [1.54, 1.807) is 12.1 Å². The number of methoxy groups -OCH3 is 1. The molecule has 1 fully saturated rings. The van der Waals surface area contributed by atoms with Gasteiger partial charge in [-0.1, -0.05) is 23.7 Å². The average molecular weight is 407 g/mol. The number of hydrogen-bond donors (Lipinski definition) is 2. The summed E-state index contributed by atoms with van der Waals surface area (Å²) in [6.45, 7) is 2.59. The number of carbonyl (C=O) groups excluding carboxylic acids is 1. The van der Waals surface area contributed by atoms with Crippen molar-refractivity contribution < 1.29 is 19.0 Å². The molecule has 0 saturated carbocycles. The molecular weight excluding hydrogens is 383 g/mol. The summed E-state index contributed by atoms with van der Waals surface area (Å²) in [6, 6.07) is 11.2. The Morgan fingerprint density at radius 1 is 1.25 bits per heavy atom. The summed E-state index contributed by atoms with van der Waals surface area (Å²) in [5.74, 6) is -0.537. The Balaban J connectivity index is 1.48. The topological polar surface area (TPSA) is 61.8 Å². The number of likely N-dealkylation sites (tertiary alicyclic amines) is 1. The predicted octanol–water partition coefficient (Wildman–Crippen LogP) is 3.20. The van der Waals surface area contributed by atoms with Gasteiger partial charge in [0, 0.05) is 37.3 Å². The second-order valence-corrected chi connectivity index (χ2v) is 7.42. The van der Waals surface area contributed by atoms with E-state index >= 15 is 0 Å². The van der Waals surface area contributed by atoms with Crippen molar-refractivity contribution in [3.63, 3.8) is 0 Å². The smallest absolute Gasteiger partial charge is 0.255 e. The van der Waals surface area contributed by atoms with Gasteiger partial charge in [0.1, 0.15) is 11.6 Å². The van der Waals surface area contributed by atoms with Crippen LogP contribution in [0.1, 0.15) is 28.8 Å². The van der Waals surface area contributed by atoms with E-state index in [2.05, 4.69) is 10.2 Å². The van der Waals surface area contributed by atoms with E-state index in [1.165, 1.54) is 25.3 Å². The molecule has 0 unspecified atom stereocenters. The van der Waals surface area contributed by atoms with E-state index in [-0.39, 0.29) is 11.7 Å². The SMILES string of the molecule is COc1cc(F)ccc1C(=O)NCCN1CCC(O)(c2ccc(Cl)cc2)CC1. The molecule has 2 aromatic carbocycles. The summed E-state index contributed by atoms with van der Waals surface area (Å²) in [4.78, 5) is 14.5. The molecule has 1 aliphatic rings. The molecule has 3 rings (SSSR count). The molecule has 1 heterocycles. The minimum Gasteiger partial charge on any atom is -0.496 e. The fraction of sp³-hybridized carbons (Fsp3) is 0.381. The van der Waals surface area contributed by atoms with Crippen LogP contribution in [0.3, 0.4) is 0 Å². The summed E-state index contributed by atoms with van der Waals surface area (Å²) in [5.41, 5.74) is 0.346. The lowest BCUT2D eigenvalue weighted by Gasteiger charge is -2.38. The number of carbonyl (C=O) groups is 1. The van der Waals surface area contributed by atoms with Crippen molar-refractivity contribution in [2.45, 2.75) is 18.4 Å². The lowest BCUT2D eigenvalue weighted by atomic mass is 9.84. The van der Waals surface area contributed by atoms with Crippen LogP contribution in [-0.4, -0.2) is 49.2 Å². The third-order valence-corrected chi connectivity index (χ3v) is 5.44. The highest BCUT2D eigenvalue weighted by Crippen LogP contribution is 2.33. The van der Waals surface area contributed by atoms with Crippen molar-refractivity contribution in [2.75, 3.05) is 33.3 Å². The Morgan fingerprint density at radius 3 is 2.57 bits per heavy atom. The molecule has 1 saturated heterocycles. The molecule has 0 atom stereocenters. The van der Waals surface area contributed by atoms with Crippen molar-refractivity contribution in [1.82, 2.24) is 10.2 Å². The van der Waals surface area contributed by atoms with Crippen LogP contribution >= 0.6 is 11.6 Å². The zero-order valence-electron chi connectivity index (χ0n) is 15.8. The van der Waals surface area contributed by atoms with Crippen LogP contribution in [0.4, 0.5) is 4.39 Å². The van der Waals surface area contributed by atoms with Crippen LogP contribution in [0.15, 0.2) is 42.5 Å². The summed E-state index contributed by atoms with van der Waals surface area (Å²) >= 11 is 5.92. The van der Waals surface area contributed by atoms with Crippen LogP contribution in [0.2, 0.25) is 5.02 Å². The largest absolute Gasteiger partial charge is 0.496 e. The number of halogens is 2. The monoisotopic (exact) mass is 406 g/mol. The fourth-order valence-electron chi connectivity index (χ4n) is 3.47. The van der Waals surface area contributed by atoms with Gasteiger partial charge in [-0.25, -0.2) is 4.39 Å². The third-order valence-electron chi connectivity index (χ3n) is 5.19. The lowest BCUT2D eigenvalue weighted by molar-refractivity contribution is -0.0255. The van der Waals surface area contributed by atoms with E-state index in [4.69, 9.17) is 16.3 Å². The number of amides is 1. The number of aliphatic hydroxyl groups is 1. The summed E-state index contributed by atoms with van der Waals surface area (Å²) in [5, 5.41) is 14.4. The van der Waals surface area contributed by atoms with Crippen LogP contribution < -0.4 is 10.1 Å². The van der Waals surface area contributed by atoms with Gasteiger partial charge >= 0.3 is 0 Å². The molecule has 0 spiro atoms. The van der Waals surface area contributed by atoms with Gasteiger partial charge in [-0.2, -0.15) is 0 Å². The van der Waals surface area contributed by atoms with Crippen molar-refractivity contribution >= 4 is 17.5 Å². The van der Waals surface area contributed by atoms with Gasteiger partial charge in [-0.05, 0) is 42.7 Å². The zero-order valence-corrected chi connectivity index (χ0v) is 16.5. The predicted molar refractivity (Wildman–Crippen MR) is 106 cm³/mol. The molecule has 2 aromatic rings. The van der Waals surface area contributed by atoms with Crippen LogP contribution in [-0.2, 0) is 5.60 Å². The maximum absolute atomic E-state index is 13.3. The molecule has 150 valence electrons. The molecule has 0 aromatic heterocycles. The van der Waals surface area contributed by atoms with Crippen LogP contribution in [0, 0.1) is 5.82 Å². The third kappa shape index (κ3) is 4.82. The fourth-order valence-corrected chi connectivity index (χ4v) is 3.60. The zero-order chi connectivity index (χ0) is 20.1. The van der Waals surface area contributed by atoms with Crippen molar-refractivity contribution in [1.29, 1.82) is 0 Å².